The monoisotopic (exact) mass is 207 g/mol. The maximum absolute atomic E-state index is 11.3. The first-order chi connectivity index (χ1) is 7.06. The van der Waals surface area contributed by atoms with E-state index in [1.54, 1.807) is 12.1 Å². The SMILES string of the molecule is COC(=O)c1cccc([C@@H](N)C(C)C)c1. The molecule has 0 aliphatic heterocycles. The molecule has 0 aliphatic carbocycles. The molecule has 3 heteroatoms. The van der Waals surface area contributed by atoms with Gasteiger partial charge in [0.25, 0.3) is 0 Å². The van der Waals surface area contributed by atoms with Gasteiger partial charge in [0.2, 0.25) is 0 Å². The molecular formula is C12H17NO2. The third-order valence-electron chi connectivity index (χ3n) is 2.41. The Labute approximate surface area is 90.2 Å². The van der Waals surface area contributed by atoms with Crippen molar-refractivity contribution in [1.82, 2.24) is 0 Å². The highest BCUT2D eigenvalue weighted by molar-refractivity contribution is 5.89. The minimum absolute atomic E-state index is 0.0467. The van der Waals surface area contributed by atoms with E-state index in [1.807, 2.05) is 12.1 Å². The van der Waals surface area contributed by atoms with Crippen molar-refractivity contribution in [3.8, 4) is 0 Å². The average Bonchev–Trinajstić information content (AvgIpc) is 2.27. The summed E-state index contributed by atoms with van der Waals surface area (Å²) in [7, 11) is 1.37. The Bertz CT molecular complexity index is 347. The Hall–Kier alpha value is -1.35. The highest BCUT2D eigenvalue weighted by atomic mass is 16.5. The van der Waals surface area contributed by atoms with Crippen molar-refractivity contribution in [3.63, 3.8) is 0 Å². The lowest BCUT2D eigenvalue weighted by Crippen LogP contribution is -2.17. The molecule has 1 atom stereocenters. The maximum atomic E-state index is 11.3. The number of nitrogens with two attached hydrogens (primary N) is 1. The highest BCUT2D eigenvalue weighted by Crippen LogP contribution is 2.19. The molecule has 0 aromatic heterocycles. The number of esters is 1. The van der Waals surface area contributed by atoms with E-state index in [4.69, 9.17) is 5.73 Å². The van der Waals surface area contributed by atoms with Crippen LogP contribution in [0.2, 0.25) is 0 Å². The predicted octanol–water partition coefficient (Wildman–Crippen LogP) is 2.13. The minimum Gasteiger partial charge on any atom is -0.465 e. The number of ether oxygens (including phenoxy) is 1. The van der Waals surface area contributed by atoms with E-state index in [0.29, 0.717) is 11.5 Å². The van der Waals surface area contributed by atoms with Gasteiger partial charge in [-0.1, -0.05) is 26.0 Å². The molecule has 15 heavy (non-hydrogen) atoms. The van der Waals surface area contributed by atoms with Crippen LogP contribution >= 0.6 is 0 Å². The number of hydrogen-bond donors (Lipinski definition) is 1. The Kier molecular flexibility index (Phi) is 3.86. The fourth-order valence-corrected chi connectivity index (χ4v) is 1.38. The zero-order valence-corrected chi connectivity index (χ0v) is 9.36. The van der Waals surface area contributed by atoms with E-state index in [9.17, 15) is 4.79 Å². The van der Waals surface area contributed by atoms with E-state index >= 15 is 0 Å². The Morgan fingerprint density at radius 2 is 2.07 bits per heavy atom. The van der Waals surface area contributed by atoms with Gasteiger partial charge in [-0.3, -0.25) is 0 Å². The van der Waals surface area contributed by atoms with Crippen molar-refractivity contribution in [2.45, 2.75) is 19.9 Å². The van der Waals surface area contributed by atoms with E-state index in [0.717, 1.165) is 5.56 Å². The van der Waals surface area contributed by atoms with Crippen LogP contribution in [0.25, 0.3) is 0 Å². The van der Waals surface area contributed by atoms with Crippen LogP contribution < -0.4 is 5.73 Å². The van der Waals surface area contributed by atoms with Gasteiger partial charge in [0.05, 0.1) is 12.7 Å². The van der Waals surface area contributed by atoms with Gasteiger partial charge in [-0.25, -0.2) is 4.79 Å². The minimum atomic E-state index is -0.326. The van der Waals surface area contributed by atoms with Crippen LogP contribution in [0.5, 0.6) is 0 Å². The molecule has 0 heterocycles. The zero-order valence-electron chi connectivity index (χ0n) is 9.36. The average molecular weight is 207 g/mol. The second kappa shape index (κ2) is 4.94. The van der Waals surface area contributed by atoms with Crippen LogP contribution in [0, 0.1) is 5.92 Å². The van der Waals surface area contributed by atoms with Crippen molar-refractivity contribution in [2.24, 2.45) is 11.7 Å². The van der Waals surface area contributed by atoms with Crippen molar-refractivity contribution in [2.75, 3.05) is 7.11 Å². The van der Waals surface area contributed by atoms with Crippen LogP contribution in [0.15, 0.2) is 24.3 Å². The van der Waals surface area contributed by atoms with Crippen LogP contribution in [0.3, 0.4) is 0 Å². The Morgan fingerprint density at radius 1 is 1.40 bits per heavy atom. The number of rotatable bonds is 3. The van der Waals surface area contributed by atoms with Crippen LogP contribution in [-0.4, -0.2) is 13.1 Å². The normalized spacial score (nSPS) is 12.6. The molecular weight excluding hydrogens is 190 g/mol. The largest absolute Gasteiger partial charge is 0.465 e. The smallest absolute Gasteiger partial charge is 0.337 e. The van der Waals surface area contributed by atoms with Gasteiger partial charge in [-0.05, 0) is 23.6 Å². The fourth-order valence-electron chi connectivity index (χ4n) is 1.38. The lowest BCUT2D eigenvalue weighted by molar-refractivity contribution is 0.0600. The van der Waals surface area contributed by atoms with E-state index < -0.39 is 0 Å². The quantitative estimate of drug-likeness (QED) is 0.772. The van der Waals surface area contributed by atoms with Gasteiger partial charge in [0.1, 0.15) is 0 Å². The number of methoxy groups -OCH3 is 1. The first-order valence-corrected chi connectivity index (χ1v) is 5.00. The van der Waals surface area contributed by atoms with E-state index in [2.05, 4.69) is 18.6 Å². The molecule has 0 bridgehead atoms. The summed E-state index contributed by atoms with van der Waals surface area (Å²) in [5.41, 5.74) is 7.51. The first kappa shape index (κ1) is 11.7. The lowest BCUT2D eigenvalue weighted by Gasteiger charge is -2.16. The molecule has 2 N–H and O–H groups in total. The number of hydrogen-bond acceptors (Lipinski definition) is 3. The van der Waals surface area contributed by atoms with Gasteiger partial charge in [-0.15, -0.1) is 0 Å². The van der Waals surface area contributed by atoms with Crippen molar-refractivity contribution >= 4 is 5.97 Å². The molecule has 0 unspecified atom stereocenters. The Balaban J connectivity index is 2.97. The molecule has 3 nitrogen and oxygen atoms in total. The van der Waals surface area contributed by atoms with Gasteiger partial charge in [-0.2, -0.15) is 0 Å². The summed E-state index contributed by atoms with van der Waals surface area (Å²) < 4.78 is 4.65. The molecule has 0 amide bonds. The second-order valence-corrected chi connectivity index (χ2v) is 3.89. The van der Waals surface area contributed by atoms with Crippen molar-refractivity contribution in [3.05, 3.63) is 35.4 Å². The molecule has 82 valence electrons. The third kappa shape index (κ3) is 2.80. The lowest BCUT2D eigenvalue weighted by atomic mass is 9.96. The molecule has 0 saturated heterocycles. The third-order valence-corrected chi connectivity index (χ3v) is 2.41. The van der Waals surface area contributed by atoms with Crippen molar-refractivity contribution < 1.29 is 9.53 Å². The summed E-state index contributed by atoms with van der Waals surface area (Å²) in [4.78, 5) is 11.3. The summed E-state index contributed by atoms with van der Waals surface area (Å²) in [5, 5.41) is 0. The summed E-state index contributed by atoms with van der Waals surface area (Å²) in [6.45, 7) is 4.10. The maximum Gasteiger partial charge on any atom is 0.337 e. The summed E-state index contributed by atoms with van der Waals surface area (Å²) in [5.74, 6) is 0.0192. The summed E-state index contributed by atoms with van der Waals surface area (Å²) >= 11 is 0. The molecule has 0 saturated carbocycles. The van der Waals surface area contributed by atoms with E-state index in [-0.39, 0.29) is 12.0 Å². The molecule has 1 rings (SSSR count). The van der Waals surface area contributed by atoms with E-state index in [1.165, 1.54) is 7.11 Å². The van der Waals surface area contributed by atoms with Crippen LogP contribution in [0.4, 0.5) is 0 Å². The highest BCUT2D eigenvalue weighted by Gasteiger charge is 2.12. The van der Waals surface area contributed by atoms with Gasteiger partial charge >= 0.3 is 5.97 Å². The van der Waals surface area contributed by atoms with Gasteiger partial charge in [0.15, 0.2) is 0 Å². The molecule has 0 aliphatic rings. The van der Waals surface area contributed by atoms with Gasteiger partial charge < -0.3 is 10.5 Å². The standard InChI is InChI=1S/C12H17NO2/c1-8(2)11(13)9-5-4-6-10(7-9)12(14)15-3/h4-8,11H,13H2,1-3H3/t11-/m0/s1. The topological polar surface area (TPSA) is 52.3 Å². The molecule has 1 aromatic rings. The molecule has 0 fully saturated rings. The summed E-state index contributed by atoms with van der Waals surface area (Å²) in [6, 6.07) is 7.22. The number of carbonyl (C=O) groups excluding carboxylic acids is 1. The molecule has 0 spiro atoms. The second-order valence-electron chi connectivity index (χ2n) is 3.89. The number of benzene rings is 1. The van der Waals surface area contributed by atoms with Crippen LogP contribution in [-0.2, 0) is 4.74 Å². The number of carbonyl (C=O) groups is 1. The fraction of sp³-hybridized carbons (Fsp3) is 0.417. The van der Waals surface area contributed by atoms with Gasteiger partial charge in [0, 0.05) is 6.04 Å². The molecule has 1 aromatic carbocycles. The zero-order chi connectivity index (χ0) is 11.4. The Morgan fingerprint density at radius 3 is 2.60 bits per heavy atom. The van der Waals surface area contributed by atoms with Crippen LogP contribution in [0.1, 0.15) is 35.8 Å². The van der Waals surface area contributed by atoms with Crippen molar-refractivity contribution in [1.29, 1.82) is 0 Å². The summed E-state index contributed by atoms with van der Waals surface area (Å²) in [6.07, 6.45) is 0. The molecule has 0 radical (unpaired) electrons. The predicted molar refractivity (Wildman–Crippen MR) is 59.5 cm³/mol. The first-order valence-electron chi connectivity index (χ1n) is 5.00.